The number of hydrogen-bond donors (Lipinski definition) is 0. The van der Waals surface area contributed by atoms with Gasteiger partial charge >= 0.3 is 0 Å². The summed E-state index contributed by atoms with van der Waals surface area (Å²) in [4.78, 5) is 0. The molecule has 1 unspecified atom stereocenters. The largest absolute Gasteiger partial charge is 0.350 e. The molecule has 0 spiro atoms. The van der Waals surface area contributed by atoms with Crippen molar-refractivity contribution in [1.29, 1.82) is 0 Å². The summed E-state index contributed by atoms with van der Waals surface area (Å²) in [5, 5.41) is 0. The first-order valence-corrected chi connectivity index (χ1v) is 4.84. The monoisotopic (exact) mass is 175 g/mol. The molecule has 0 N–H and O–H groups in total. The van der Waals surface area contributed by atoms with Crippen molar-refractivity contribution in [1.82, 2.24) is 4.57 Å². The van der Waals surface area contributed by atoms with Crippen molar-refractivity contribution in [3.63, 3.8) is 0 Å². The lowest BCUT2D eigenvalue weighted by Crippen LogP contribution is -2.24. The van der Waals surface area contributed by atoms with Gasteiger partial charge in [0.1, 0.15) is 0 Å². The first-order valence-electron chi connectivity index (χ1n) is 4.84. The maximum absolute atomic E-state index is 4.08. The van der Waals surface area contributed by atoms with Crippen molar-refractivity contribution >= 4 is 0 Å². The van der Waals surface area contributed by atoms with Crippen LogP contribution in [0.1, 0.15) is 26.5 Å². The first-order chi connectivity index (χ1) is 6.03. The summed E-state index contributed by atoms with van der Waals surface area (Å²) in [7, 11) is 0. The molecule has 13 heavy (non-hydrogen) atoms. The molecule has 1 nitrogen and oxygen atoms in total. The highest BCUT2D eigenvalue weighted by Crippen LogP contribution is 2.42. The van der Waals surface area contributed by atoms with Gasteiger partial charge < -0.3 is 4.57 Å². The fourth-order valence-electron chi connectivity index (χ4n) is 2.53. The molecule has 0 saturated heterocycles. The van der Waals surface area contributed by atoms with Crippen molar-refractivity contribution in [2.75, 3.05) is 0 Å². The van der Waals surface area contributed by atoms with E-state index in [1.54, 1.807) is 0 Å². The Morgan fingerprint density at radius 2 is 2.31 bits per heavy atom. The molecule has 0 radical (unpaired) electrons. The Balaban J connectivity index is 2.45. The van der Waals surface area contributed by atoms with Gasteiger partial charge in [0.15, 0.2) is 0 Å². The predicted molar refractivity (Wildman–Crippen MR) is 55.8 cm³/mol. The maximum Gasteiger partial charge on any atom is 0.0296 e. The Morgan fingerprint density at radius 1 is 1.62 bits per heavy atom. The molecule has 1 aromatic rings. The van der Waals surface area contributed by atoms with Crippen LogP contribution in [0.5, 0.6) is 0 Å². The second kappa shape index (κ2) is 2.50. The van der Waals surface area contributed by atoms with Crippen LogP contribution in [0.25, 0.3) is 0 Å². The Kier molecular flexibility index (Phi) is 1.66. The molecule has 2 heterocycles. The molecule has 0 fully saturated rings. The normalized spacial score (nSPS) is 24.4. The van der Waals surface area contributed by atoms with E-state index in [-0.39, 0.29) is 5.41 Å². The van der Waals surface area contributed by atoms with Crippen LogP contribution >= 0.6 is 0 Å². The summed E-state index contributed by atoms with van der Waals surface area (Å²) >= 11 is 0. The molecule has 70 valence electrons. The van der Waals surface area contributed by atoms with Crippen molar-refractivity contribution in [3.05, 3.63) is 36.2 Å². The number of aromatic nitrogens is 1. The van der Waals surface area contributed by atoms with Gasteiger partial charge in [-0.2, -0.15) is 0 Å². The van der Waals surface area contributed by atoms with Crippen LogP contribution < -0.4 is 0 Å². The average molecular weight is 175 g/mol. The van der Waals surface area contributed by atoms with Crippen molar-refractivity contribution in [3.8, 4) is 0 Å². The Hall–Kier alpha value is -0.980. The minimum absolute atomic E-state index is 0.259. The van der Waals surface area contributed by atoms with Gasteiger partial charge in [0.05, 0.1) is 0 Å². The van der Waals surface area contributed by atoms with Gasteiger partial charge in [0.25, 0.3) is 0 Å². The SMILES string of the molecule is C=C(C)C1Cn2cccc2C1(C)C. The van der Waals surface area contributed by atoms with Crippen LogP contribution in [-0.2, 0) is 12.0 Å². The minimum atomic E-state index is 0.259. The van der Waals surface area contributed by atoms with E-state index in [0.29, 0.717) is 5.92 Å². The summed E-state index contributed by atoms with van der Waals surface area (Å²) < 4.78 is 2.35. The van der Waals surface area contributed by atoms with Crippen LogP contribution in [-0.4, -0.2) is 4.57 Å². The Morgan fingerprint density at radius 3 is 2.85 bits per heavy atom. The van der Waals surface area contributed by atoms with E-state index < -0.39 is 0 Å². The van der Waals surface area contributed by atoms with Crippen molar-refractivity contribution < 1.29 is 0 Å². The average Bonchev–Trinajstić information content (AvgIpc) is 2.52. The lowest BCUT2D eigenvalue weighted by atomic mass is 9.76. The van der Waals surface area contributed by atoms with Gasteiger partial charge in [-0.1, -0.05) is 26.0 Å². The van der Waals surface area contributed by atoms with E-state index in [1.165, 1.54) is 11.3 Å². The van der Waals surface area contributed by atoms with Crippen LogP contribution in [0.4, 0.5) is 0 Å². The molecule has 0 amide bonds. The third-order valence-corrected chi connectivity index (χ3v) is 3.33. The fraction of sp³-hybridized carbons (Fsp3) is 0.500. The van der Waals surface area contributed by atoms with E-state index >= 15 is 0 Å². The molecule has 1 aliphatic rings. The minimum Gasteiger partial charge on any atom is -0.350 e. The van der Waals surface area contributed by atoms with Crippen molar-refractivity contribution in [2.24, 2.45) is 5.92 Å². The van der Waals surface area contributed by atoms with Gasteiger partial charge in [0, 0.05) is 29.8 Å². The highest BCUT2D eigenvalue weighted by Gasteiger charge is 2.39. The topological polar surface area (TPSA) is 4.93 Å². The third-order valence-electron chi connectivity index (χ3n) is 3.33. The van der Waals surface area contributed by atoms with E-state index in [4.69, 9.17) is 0 Å². The standard InChI is InChI=1S/C12H17N/c1-9(2)10-8-13-7-5-6-11(13)12(10,3)4/h5-7,10H,1,8H2,2-4H3. The van der Waals surface area contributed by atoms with Gasteiger partial charge in [-0.25, -0.2) is 0 Å². The summed E-state index contributed by atoms with van der Waals surface area (Å²) in [6.07, 6.45) is 2.17. The zero-order valence-corrected chi connectivity index (χ0v) is 8.67. The van der Waals surface area contributed by atoms with Gasteiger partial charge in [-0.15, -0.1) is 0 Å². The molecular weight excluding hydrogens is 158 g/mol. The van der Waals surface area contributed by atoms with Crippen LogP contribution in [0.2, 0.25) is 0 Å². The molecular formula is C12H17N. The highest BCUT2D eigenvalue weighted by atomic mass is 15.0. The number of fused-ring (bicyclic) bond motifs is 1. The maximum atomic E-state index is 4.08. The summed E-state index contributed by atoms with van der Waals surface area (Å²) in [6.45, 7) is 11.9. The summed E-state index contributed by atoms with van der Waals surface area (Å²) in [6, 6.07) is 4.36. The first kappa shape index (κ1) is 8.61. The molecule has 0 saturated carbocycles. The van der Waals surface area contributed by atoms with Crippen LogP contribution in [0, 0.1) is 5.92 Å². The van der Waals surface area contributed by atoms with Gasteiger partial charge in [0.2, 0.25) is 0 Å². The smallest absolute Gasteiger partial charge is 0.0296 e. The molecule has 0 aliphatic carbocycles. The molecule has 1 heteroatoms. The van der Waals surface area contributed by atoms with Gasteiger partial charge in [-0.05, 0) is 19.1 Å². The molecule has 0 aromatic carbocycles. The zero-order valence-electron chi connectivity index (χ0n) is 8.67. The number of nitrogens with zero attached hydrogens (tertiary/aromatic N) is 1. The number of hydrogen-bond acceptors (Lipinski definition) is 0. The zero-order chi connectivity index (χ0) is 9.64. The summed E-state index contributed by atoms with van der Waals surface area (Å²) in [5.41, 5.74) is 3.00. The molecule has 2 rings (SSSR count). The van der Waals surface area contributed by atoms with Crippen LogP contribution in [0.15, 0.2) is 30.5 Å². The van der Waals surface area contributed by atoms with Crippen LogP contribution in [0.3, 0.4) is 0 Å². The summed E-state index contributed by atoms with van der Waals surface area (Å²) in [5.74, 6) is 0.601. The lowest BCUT2D eigenvalue weighted by Gasteiger charge is -2.26. The number of allylic oxidation sites excluding steroid dienone is 1. The second-order valence-electron chi connectivity index (χ2n) is 4.67. The lowest BCUT2D eigenvalue weighted by molar-refractivity contribution is 0.394. The molecule has 1 aromatic heterocycles. The van der Waals surface area contributed by atoms with E-state index in [9.17, 15) is 0 Å². The fourth-order valence-corrected chi connectivity index (χ4v) is 2.53. The second-order valence-corrected chi connectivity index (χ2v) is 4.67. The predicted octanol–water partition coefficient (Wildman–Crippen LogP) is 2.97. The third kappa shape index (κ3) is 1.06. The molecule has 1 atom stereocenters. The van der Waals surface area contributed by atoms with Gasteiger partial charge in [-0.3, -0.25) is 0 Å². The Labute approximate surface area is 80.1 Å². The van der Waals surface area contributed by atoms with E-state index in [2.05, 4.69) is 50.2 Å². The number of rotatable bonds is 1. The Bertz CT molecular complexity index is 344. The van der Waals surface area contributed by atoms with E-state index in [1.807, 2.05) is 0 Å². The molecule has 1 aliphatic heterocycles. The molecule has 0 bridgehead atoms. The highest BCUT2D eigenvalue weighted by molar-refractivity contribution is 5.27. The van der Waals surface area contributed by atoms with Crippen molar-refractivity contribution in [2.45, 2.75) is 32.7 Å². The quantitative estimate of drug-likeness (QED) is 0.578. The van der Waals surface area contributed by atoms with E-state index in [0.717, 1.165) is 6.54 Å².